The zero-order valence-corrected chi connectivity index (χ0v) is 8.82. The molecule has 1 saturated heterocycles. The average molecular weight is 204 g/mol. The summed E-state index contributed by atoms with van der Waals surface area (Å²) in [4.78, 5) is 0. The third-order valence-corrected chi connectivity index (χ3v) is 2.52. The molecule has 1 aromatic carbocycles. The van der Waals surface area contributed by atoms with Gasteiger partial charge in [-0.1, -0.05) is 24.8 Å². The topological polar surface area (TPSA) is 18.5 Å². The highest BCUT2D eigenvalue weighted by Gasteiger charge is 2.14. The molecule has 1 heterocycles. The summed E-state index contributed by atoms with van der Waals surface area (Å²) in [5.41, 5.74) is 1.10. The Balaban J connectivity index is 1.94. The molecule has 80 valence electrons. The van der Waals surface area contributed by atoms with Crippen molar-refractivity contribution in [3.8, 4) is 5.75 Å². The third kappa shape index (κ3) is 2.83. The van der Waals surface area contributed by atoms with Gasteiger partial charge in [0.15, 0.2) is 6.29 Å². The van der Waals surface area contributed by atoms with Crippen LogP contribution >= 0.6 is 0 Å². The van der Waals surface area contributed by atoms with E-state index in [4.69, 9.17) is 9.47 Å². The lowest BCUT2D eigenvalue weighted by atomic mass is 10.2. The molecule has 0 aromatic heterocycles. The Kier molecular flexibility index (Phi) is 3.41. The molecule has 1 aliphatic rings. The lowest BCUT2D eigenvalue weighted by molar-refractivity contribution is -0.105. The second kappa shape index (κ2) is 4.99. The minimum absolute atomic E-state index is 0.0617. The van der Waals surface area contributed by atoms with Crippen LogP contribution < -0.4 is 4.74 Å². The fraction of sp³-hybridized carbons (Fsp3) is 0.385. The Morgan fingerprint density at radius 3 is 2.67 bits per heavy atom. The first-order valence-electron chi connectivity index (χ1n) is 5.39. The molecule has 0 radical (unpaired) electrons. The van der Waals surface area contributed by atoms with E-state index in [2.05, 4.69) is 6.58 Å². The molecule has 0 spiro atoms. The molecule has 0 N–H and O–H groups in total. The Bertz CT molecular complexity index is 310. The molecule has 0 aliphatic carbocycles. The van der Waals surface area contributed by atoms with Crippen molar-refractivity contribution in [3.63, 3.8) is 0 Å². The molecule has 1 aliphatic heterocycles. The van der Waals surface area contributed by atoms with E-state index in [1.54, 1.807) is 0 Å². The molecular weight excluding hydrogens is 188 g/mol. The summed E-state index contributed by atoms with van der Waals surface area (Å²) < 4.78 is 11.2. The van der Waals surface area contributed by atoms with Crippen molar-refractivity contribution in [1.82, 2.24) is 0 Å². The van der Waals surface area contributed by atoms with E-state index in [-0.39, 0.29) is 6.29 Å². The molecular formula is C13H16O2. The summed E-state index contributed by atoms with van der Waals surface area (Å²) in [6.45, 7) is 4.53. The molecule has 15 heavy (non-hydrogen) atoms. The molecule has 1 atom stereocenters. The van der Waals surface area contributed by atoms with E-state index in [1.165, 1.54) is 6.42 Å². The summed E-state index contributed by atoms with van der Waals surface area (Å²) in [5.74, 6) is 0.868. The van der Waals surface area contributed by atoms with Gasteiger partial charge in [-0.2, -0.15) is 0 Å². The van der Waals surface area contributed by atoms with Gasteiger partial charge in [-0.05, 0) is 30.5 Å². The van der Waals surface area contributed by atoms with Crippen molar-refractivity contribution in [2.45, 2.75) is 25.6 Å². The van der Waals surface area contributed by atoms with Crippen LogP contribution in [0.3, 0.4) is 0 Å². The van der Waals surface area contributed by atoms with Gasteiger partial charge < -0.3 is 9.47 Å². The van der Waals surface area contributed by atoms with Crippen LogP contribution in [-0.2, 0) is 4.74 Å². The molecule has 1 aromatic rings. The van der Waals surface area contributed by atoms with E-state index in [0.717, 1.165) is 30.8 Å². The molecule has 2 nitrogen and oxygen atoms in total. The summed E-state index contributed by atoms with van der Waals surface area (Å²) in [5, 5.41) is 0. The molecule has 1 unspecified atom stereocenters. The van der Waals surface area contributed by atoms with Gasteiger partial charge in [0.25, 0.3) is 0 Å². The predicted molar refractivity (Wildman–Crippen MR) is 60.8 cm³/mol. The standard InChI is InChI=1S/C13H16O2/c1-2-11-6-8-12(9-7-11)15-13-5-3-4-10-14-13/h2,6-9,13H,1,3-5,10H2. The minimum Gasteiger partial charge on any atom is -0.465 e. The van der Waals surface area contributed by atoms with Crippen molar-refractivity contribution >= 4 is 6.08 Å². The smallest absolute Gasteiger partial charge is 0.199 e. The summed E-state index contributed by atoms with van der Waals surface area (Å²) in [6, 6.07) is 7.89. The summed E-state index contributed by atoms with van der Waals surface area (Å²) in [6.07, 6.45) is 5.09. The van der Waals surface area contributed by atoms with Crippen LogP contribution in [0.4, 0.5) is 0 Å². The van der Waals surface area contributed by atoms with Crippen LogP contribution in [0.5, 0.6) is 5.75 Å². The van der Waals surface area contributed by atoms with Gasteiger partial charge in [-0.25, -0.2) is 0 Å². The van der Waals surface area contributed by atoms with Gasteiger partial charge in [0.2, 0.25) is 0 Å². The zero-order chi connectivity index (χ0) is 10.5. The van der Waals surface area contributed by atoms with Gasteiger partial charge in [-0.15, -0.1) is 0 Å². The van der Waals surface area contributed by atoms with Crippen LogP contribution in [0.2, 0.25) is 0 Å². The van der Waals surface area contributed by atoms with Crippen molar-refractivity contribution in [3.05, 3.63) is 36.4 Å². The summed E-state index contributed by atoms with van der Waals surface area (Å²) in [7, 11) is 0. The maximum absolute atomic E-state index is 5.70. The van der Waals surface area contributed by atoms with Crippen LogP contribution in [0.15, 0.2) is 30.8 Å². The van der Waals surface area contributed by atoms with Crippen molar-refractivity contribution in [2.75, 3.05) is 6.61 Å². The number of hydrogen-bond donors (Lipinski definition) is 0. The monoisotopic (exact) mass is 204 g/mol. The van der Waals surface area contributed by atoms with Crippen molar-refractivity contribution in [2.24, 2.45) is 0 Å². The molecule has 1 fully saturated rings. The van der Waals surface area contributed by atoms with E-state index >= 15 is 0 Å². The Morgan fingerprint density at radius 1 is 1.27 bits per heavy atom. The number of benzene rings is 1. The first-order valence-corrected chi connectivity index (χ1v) is 5.39. The van der Waals surface area contributed by atoms with Gasteiger partial charge in [0, 0.05) is 6.42 Å². The second-order valence-corrected chi connectivity index (χ2v) is 3.69. The van der Waals surface area contributed by atoms with Crippen LogP contribution in [0, 0.1) is 0 Å². The van der Waals surface area contributed by atoms with E-state index < -0.39 is 0 Å². The maximum atomic E-state index is 5.70. The Morgan fingerprint density at radius 2 is 2.07 bits per heavy atom. The highest BCUT2D eigenvalue weighted by atomic mass is 16.7. The fourth-order valence-electron chi connectivity index (χ4n) is 1.64. The molecule has 2 rings (SSSR count). The lowest BCUT2D eigenvalue weighted by Crippen LogP contribution is -2.24. The minimum atomic E-state index is -0.0617. The van der Waals surface area contributed by atoms with Crippen LogP contribution in [-0.4, -0.2) is 12.9 Å². The average Bonchev–Trinajstić information content (AvgIpc) is 2.31. The summed E-state index contributed by atoms with van der Waals surface area (Å²) >= 11 is 0. The Hall–Kier alpha value is -1.28. The number of ether oxygens (including phenoxy) is 2. The first-order chi connectivity index (χ1) is 7.38. The van der Waals surface area contributed by atoms with E-state index in [1.807, 2.05) is 30.3 Å². The lowest BCUT2D eigenvalue weighted by Gasteiger charge is -2.23. The quantitative estimate of drug-likeness (QED) is 0.752. The van der Waals surface area contributed by atoms with Crippen molar-refractivity contribution in [1.29, 1.82) is 0 Å². The maximum Gasteiger partial charge on any atom is 0.199 e. The van der Waals surface area contributed by atoms with E-state index in [9.17, 15) is 0 Å². The van der Waals surface area contributed by atoms with Gasteiger partial charge in [0.05, 0.1) is 6.61 Å². The molecule has 2 heteroatoms. The second-order valence-electron chi connectivity index (χ2n) is 3.69. The predicted octanol–water partition coefficient (Wildman–Crippen LogP) is 3.24. The highest BCUT2D eigenvalue weighted by molar-refractivity contribution is 5.48. The number of hydrogen-bond acceptors (Lipinski definition) is 2. The zero-order valence-electron chi connectivity index (χ0n) is 8.82. The van der Waals surface area contributed by atoms with Crippen LogP contribution in [0.25, 0.3) is 6.08 Å². The van der Waals surface area contributed by atoms with Gasteiger partial charge >= 0.3 is 0 Å². The van der Waals surface area contributed by atoms with Gasteiger partial charge in [-0.3, -0.25) is 0 Å². The molecule has 0 saturated carbocycles. The normalized spacial score (nSPS) is 20.9. The first kappa shape index (κ1) is 10.2. The third-order valence-electron chi connectivity index (χ3n) is 2.52. The van der Waals surface area contributed by atoms with E-state index in [0.29, 0.717) is 0 Å². The number of rotatable bonds is 3. The van der Waals surface area contributed by atoms with Crippen molar-refractivity contribution < 1.29 is 9.47 Å². The van der Waals surface area contributed by atoms with Crippen LogP contribution in [0.1, 0.15) is 24.8 Å². The highest BCUT2D eigenvalue weighted by Crippen LogP contribution is 2.19. The Labute approximate surface area is 90.5 Å². The largest absolute Gasteiger partial charge is 0.465 e. The SMILES string of the molecule is C=Cc1ccc(OC2CCCCO2)cc1. The van der Waals surface area contributed by atoms with Gasteiger partial charge in [0.1, 0.15) is 5.75 Å². The fourth-order valence-corrected chi connectivity index (χ4v) is 1.64. The molecule has 0 bridgehead atoms. The molecule has 0 amide bonds.